The van der Waals surface area contributed by atoms with Crippen LogP contribution in [0.5, 0.6) is 5.88 Å². The lowest BCUT2D eigenvalue weighted by Crippen LogP contribution is -2.29. The highest BCUT2D eigenvalue weighted by Gasteiger charge is 2.36. The fourth-order valence-electron chi connectivity index (χ4n) is 4.54. The number of nitrogens with zero attached hydrogens (tertiary/aromatic N) is 1. The second kappa shape index (κ2) is 15.4. The molecule has 216 valence electrons. The van der Waals surface area contributed by atoms with Gasteiger partial charge in [-0.05, 0) is 66.8 Å². The summed E-state index contributed by atoms with van der Waals surface area (Å²) in [4.78, 5) is 15.6. The van der Waals surface area contributed by atoms with Crippen molar-refractivity contribution in [3.05, 3.63) is 72.4 Å². The average Bonchev–Trinajstić information content (AvgIpc) is 2.94. The van der Waals surface area contributed by atoms with Gasteiger partial charge in [-0.2, -0.15) is 13.2 Å². The standard InChI is InChI=1S/C32H38F3NO4/c1-3-4-8-19-40-30-17-15-27(22-36-30)29-21-26(14-16-28(29)25-10-6-5-7-11-25)24(12-9-13-31(37)38)18-20-39-23(2)32(33,34)35/h5-7,10-11,14-17,21-24H,3-4,8-9,12-13,18-20H2,1-2H3,(H,37,38). The van der Waals surface area contributed by atoms with Crippen LogP contribution in [0.3, 0.4) is 0 Å². The summed E-state index contributed by atoms with van der Waals surface area (Å²) in [5.74, 6) is -0.513. The maximum atomic E-state index is 13.0. The van der Waals surface area contributed by atoms with Crippen LogP contribution in [0, 0.1) is 0 Å². The number of unbranched alkanes of at least 4 members (excludes halogenated alkanes) is 2. The number of benzene rings is 2. The highest BCUT2D eigenvalue weighted by molar-refractivity contribution is 5.83. The average molecular weight is 558 g/mol. The Balaban J connectivity index is 1.90. The number of halogens is 3. The molecule has 0 bridgehead atoms. The molecule has 40 heavy (non-hydrogen) atoms. The number of aliphatic carboxylic acids is 1. The fourth-order valence-corrected chi connectivity index (χ4v) is 4.54. The molecule has 0 spiro atoms. The van der Waals surface area contributed by atoms with Crippen molar-refractivity contribution in [3.8, 4) is 28.1 Å². The van der Waals surface area contributed by atoms with Crippen molar-refractivity contribution < 1.29 is 32.5 Å². The number of ether oxygens (including phenoxy) is 2. The Morgan fingerprint density at radius 3 is 2.35 bits per heavy atom. The van der Waals surface area contributed by atoms with E-state index in [0.29, 0.717) is 31.7 Å². The molecule has 5 nitrogen and oxygen atoms in total. The molecule has 2 atom stereocenters. The lowest BCUT2D eigenvalue weighted by atomic mass is 9.86. The summed E-state index contributed by atoms with van der Waals surface area (Å²) in [5.41, 5.74) is 4.75. The van der Waals surface area contributed by atoms with Crippen LogP contribution in [-0.2, 0) is 9.53 Å². The summed E-state index contributed by atoms with van der Waals surface area (Å²) in [6.07, 6.45) is -0.0816. The summed E-state index contributed by atoms with van der Waals surface area (Å²) >= 11 is 0. The van der Waals surface area contributed by atoms with Crippen LogP contribution in [0.4, 0.5) is 13.2 Å². The third kappa shape index (κ3) is 9.66. The monoisotopic (exact) mass is 557 g/mol. The minimum absolute atomic E-state index is 0.00505. The van der Waals surface area contributed by atoms with Gasteiger partial charge in [0.15, 0.2) is 6.10 Å². The van der Waals surface area contributed by atoms with Gasteiger partial charge in [-0.25, -0.2) is 4.98 Å². The van der Waals surface area contributed by atoms with Crippen LogP contribution < -0.4 is 4.74 Å². The molecule has 0 radical (unpaired) electrons. The normalized spacial score (nSPS) is 13.1. The van der Waals surface area contributed by atoms with Crippen LogP contribution in [0.1, 0.15) is 70.3 Å². The zero-order chi connectivity index (χ0) is 29.0. The zero-order valence-corrected chi connectivity index (χ0v) is 23.1. The second-order valence-electron chi connectivity index (χ2n) is 9.94. The quantitative estimate of drug-likeness (QED) is 0.179. The van der Waals surface area contributed by atoms with Gasteiger partial charge in [0.05, 0.1) is 6.61 Å². The number of alkyl halides is 3. The van der Waals surface area contributed by atoms with Gasteiger partial charge in [-0.15, -0.1) is 0 Å². The summed E-state index contributed by atoms with van der Waals surface area (Å²) in [6.45, 7) is 3.66. The summed E-state index contributed by atoms with van der Waals surface area (Å²) < 4.78 is 49.7. The first-order valence-electron chi connectivity index (χ1n) is 13.9. The van der Waals surface area contributed by atoms with Crippen LogP contribution in [0.25, 0.3) is 22.3 Å². The van der Waals surface area contributed by atoms with E-state index in [4.69, 9.17) is 14.6 Å². The minimum Gasteiger partial charge on any atom is -0.481 e. The van der Waals surface area contributed by atoms with Crippen molar-refractivity contribution in [2.24, 2.45) is 0 Å². The van der Waals surface area contributed by atoms with Crippen LogP contribution >= 0.6 is 0 Å². The molecule has 3 rings (SSSR count). The molecule has 0 saturated heterocycles. The number of hydrogen-bond donors (Lipinski definition) is 1. The number of rotatable bonds is 16. The first kappa shape index (κ1) is 31.1. The number of carboxylic acid groups (broad SMARTS) is 1. The Kier molecular flexibility index (Phi) is 12.0. The van der Waals surface area contributed by atoms with E-state index in [1.54, 1.807) is 6.20 Å². The predicted molar refractivity (Wildman–Crippen MR) is 150 cm³/mol. The highest BCUT2D eigenvalue weighted by atomic mass is 19.4. The molecule has 1 N–H and O–H groups in total. The highest BCUT2D eigenvalue weighted by Crippen LogP contribution is 2.37. The zero-order valence-electron chi connectivity index (χ0n) is 23.1. The van der Waals surface area contributed by atoms with Gasteiger partial charge in [0.25, 0.3) is 0 Å². The van der Waals surface area contributed by atoms with Gasteiger partial charge in [0, 0.05) is 30.9 Å². The Hall–Kier alpha value is -3.39. The van der Waals surface area contributed by atoms with Gasteiger partial charge in [-0.3, -0.25) is 4.79 Å². The Morgan fingerprint density at radius 1 is 0.925 bits per heavy atom. The molecule has 0 aliphatic carbocycles. The first-order valence-corrected chi connectivity index (χ1v) is 13.9. The van der Waals surface area contributed by atoms with E-state index in [-0.39, 0.29) is 18.9 Å². The molecule has 0 saturated carbocycles. The topological polar surface area (TPSA) is 68.7 Å². The van der Waals surface area contributed by atoms with E-state index in [2.05, 4.69) is 11.9 Å². The van der Waals surface area contributed by atoms with E-state index in [1.807, 2.05) is 60.7 Å². The van der Waals surface area contributed by atoms with Crippen molar-refractivity contribution in [1.29, 1.82) is 0 Å². The van der Waals surface area contributed by atoms with Crippen LogP contribution in [0.2, 0.25) is 0 Å². The Morgan fingerprint density at radius 2 is 1.70 bits per heavy atom. The van der Waals surface area contributed by atoms with Gasteiger partial charge in [0.2, 0.25) is 5.88 Å². The molecule has 0 amide bonds. The molecule has 2 aromatic carbocycles. The van der Waals surface area contributed by atoms with E-state index in [9.17, 15) is 18.0 Å². The van der Waals surface area contributed by atoms with Crippen molar-refractivity contribution in [2.75, 3.05) is 13.2 Å². The molecular weight excluding hydrogens is 519 g/mol. The lowest BCUT2D eigenvalue weighted by molar-refractivity contribution is -0.214. The molecule has 2 unspecified atom stereocenters. The lowest BCUT2D eigenvalue weighted by Gasteiger charge is -2.22. The largest absolute Gasteiger partial charge is 0.481 e. The molecule has 8 heteroatoms. The van der Waals surface area contributed by atoms with Crippen molar-refractivity contribution in [3.63, 3.8) is 0 Å². The SMILES string of the molecule is CCCCCOc1ccc(-c2cc(C(CCCC(=O)O)CCOC(C)C(F)(F)F)ccc2-c2ccccc2)cn1. The van der Waals surface area contributed by atoms with Crippen molar-refractivity contribution in [1.82, 2.24) is 4.98 Å². The molecule has 3 aromatic rings. The third-order valence-electron chi connectivity index (χ3n) is 6.88. The predicted octanol–water partition coefficient (Wildman–Crippen LogP) is 8.68. The number of carboxylic acids is 1. The van der Waals surface area contributed by atoms with Crippen molar-refractivity contribution in [2.45, 2.75) is 77.0 Å². The molecule has 0 fully saturated rings. The molecule has 1 heterocycles. The summed E-state index contributed by atoms with van der Waals surface area (Å²) in [7, 11) is 0. The van der Waals surface area contributed by atoms with E-state index in [0.717, 1.165) is 54.0 Å². The molecule has 0 aliphatic rings. The van der Waals surface area contributed by atoms with Gasteiger partial charge < -0.3 is 14.6 Å². The Bertz CT molecular complexity index is 1180. The number of aromatic nitrogens is 1. The van der Waals surface area contributed by atoms with Crippen LogP contribution in [0.15, 0.2) is 66.9 Å². The molecule has 0 aliphatic heterocycles. The van der Waals surface area contributed by atoms with E-state index >= 15 is 0 Å². The smallest absolute Gasteiger partial charge is 0.414 e. The summed E-state index contributed by atoms with van der Waals surface area (Å²) in [6, 6.07) is 19.8. The maximum Gasteiger partial charge on any atom is 0.414 e. The van der Waals surface area contributed by atoms with E-state index < -0.39 is 18.2 Å². The molecular formula is C32H38F3NO4. The van der Waals surface area contributed by atoms with Gasteiger partial charge in [0.1, 0.15) is 0 Å². The first-order chi connectivity index (χ1) is 19.2. The maximum absolute atomic E-state index is 13.0. The summed E-state index contributed by atoms with van der Waals surface area (Å²) in [5, 5.41) is 9.13. The Labute approximate surface area is 234 Å². The third-order valence-corrected chi connectivity index (χ3v) is 6.88. The number of carbonyl (C=O) groups is 1. The number of hydrogen-bond acceptors (Lipinski definition) is 4. The van der Waals surface area contributed by atoms with Crippen molar-refractivity contribution >= 4 is 5.97 Å². The van der Waals surface area contributed by atoms with E-state index in [1.165, 1.54) is 0 Å². The fraction of sp³-hybridized carbons (Fsp3) is 0.438. The molecule has 1 aromatic heterocycles. The van der Waals surface area contributed by atoms with Crippen LogP contribution in [-0.4, -0.2) is 41.6 Å². The minimum atomic E-state index is -4.43. The van der Waals surface area contributed by atoms with Gasteiger partial charge >= 0.3 is 12.1 Å². The number of pyridine rings is 1. The second-order valence-corrected chi connectivity index (χ2v) is 9.94. The van der Waals surface area contributed by atoms with Gasteiger partial charge in [-0.1, -0.05) is 68.3 Å².